The van der Waals surface area contributed by atoms with Gasteiger partial charge in [0.05, 0.1) is 11.0 Å². The van der Waals surface area contributed by atoms with Crippen LogP contribution in [0, 0.1) is 10.1 Å². The number of nitrogens with zero attached hydrogens (tertiary/aromatic N) is 2. The Morgan fingerprint density at radius 3 is 2.58 bits per heavy atom. The third-order valence-electron chi connectivity index (χ3n) is 3.71. The van der Waals surface area contributed by atoms with Gasteiger partial charge in [0.25, 0.3) is 5.69 Å². The SMILES string of the molecule is CC(C(=O)Nc1cccc([N+](=O)[O-])c1)N(C)Cc1ccc(Cl)cc1. The second-order valence-electron chi connectivity index (χ2n) is 5.51. The lowest BCUT2D eigenvalue weighted by Gasteiger charge is -2.24. The zero-order chi connectivity index (χ0) is 17.7. The molecule has 6 nitrogen and oxygen atoms in total. The van der Waals surface area contributed by atoms with Gasteiger partial charge in [0.15, 0.2) is 0 Å². The minimum atomic E-state index is -0.494. The molecular weight excluding hydrogens is 330 g/mol. The highest BCUT2D eigenvalue weighted by atomic mass is 35.5. The summed E-state index contributed by atoms with van der Waals surface area (Å²) in [5.74, 6) is -0.230. The fourth-order valence-electron chi connectivity index (χ4n) is 2.16. The van der Waals surface area contributed by atoms with E-state index in [0.717, 1.165) is 5.56 Å². The molecule has 2 aromatic rings. The molecule has 0 bridgehead atoms. The van der Waals surface area contributed by atoms with E-state index in [1.165, 1.54) is 18.2 Å². The summed E-state index contributed by atoms with van der Waals surface area (Å²) in [6.45, 7) is 2.36. The van der Waals surface area contributed by atoms with E-state index in [4.69, 9.17) is 11.6 Å². The molecule has 0 heterocycles. The molecule has 7 heteroatoms. The van der Waals surface area contributed by atoms with Gasteiger partial charge in [-0.3, -0.25) is 19.8 Å². The second-order valence-corrected chi connectivity index (χ2v) is 5.95. The van der Waals surface area contributed by atoms with Crippen molar-refractivity contribution in [1.82, 2.24) is 4.90 Å². The maximum atomic E-state index is 12.3. The molecule has 126 valence electrons. The highest BCUT2D eigenvalue weighted by molar-refractivity contribution is 6.30. The minimum Gasteiger partial charge on any atom is -0.324 e. The quantitative estimate of drug-likeness (QED) is 0.638. The van der Waals surface area contributed by atoms with Crippen molar-refractivity contribution in [2.45, 2.75) is 19.5 Å². The van der Waals surface area contributed by atoms with Gasteiger partial charge < -0.3 is 5.32 Å². The van der Waals surface area contributed by atoms with Crippen LogP contribution in [0.4, 0.5) is 11.4 Å². The Bertz CT molecular complexity index is 734. The van der Waals surface area contributed by atoms with Gasteiger partial charge in [0, 0.05) is 29.4 Å². The lowest BCUT2D eigenvalue weighted by Crippen LogP contribution is -2.39. The summed E-state index contributed by atoms with van der Waals surface area (Å²) in [5.41, 5.74) is 1.38. The standard InChI is InChI=1S/C17H18ClN3O3/c1-12(20(2)11-13-6-8-14(18)9-7-13)17(22)19-15-4-3-5-16(10-15)21(23)24/h3-10,12H,11H2,1-2H3,(H,19,22). The molecule has 0 aliphatic heterocycles. The predicted molar refractivity (Wildman–Crippen MR) is 94.1 cm³/mol. The summed E-state index contributed by atoms with van der Waals surface area (Å²) in [5, 5.41) is 14.2. The Hall–Kier alpha value is -2.44. The largest absolute Gasteiger partial charge is 0.324 e. The first-order valence-electron chi connectivity index (χ1n) is 7.37. The van der Waals surface area contributed by atoms with Gasteiger partial charge in [-0.1, -0.05) is 29.8 Å². The Labute approximate surface area is 145 Å². The molecule has 2 rings (SSSR count). The van der Waals surface area contributed by atoms with Crippen LogP contribution in [0.1, 0.15) is 12.5 Å². The van der Waals surface area contributed by atoms with E-state index in [2.05, 4.69) is 5.32 Å². The molecule has 24 heavy (non-hydrogen) atoms. The number of nitro benzene ring substituents is 1. The predicted octanol–water partition coefficient (Wildman–Crippen LogP) is 3.71. The Balaban J connectivity index is 1.99. The van der Waals surface area contributed by atoms with Crippen molar-refractivity contribution < 1.29 is 9.72 Å². The molecule has 0 radical (unpaired) electrons. The number of likely N-dealkylation sites (N-methyl/N-ethyl adjacent to an activating group) is 1. The van der Waals surface area contributed by atoms with Crippen molar-refractivity contribution in [3.05, 3.63) is 69.2 Å². The number of non-ortho nitro benzene ring substituents is 1. The molecule has 0 saturated heterocycles. The third-order valence-corrected chi connectivity index (χ3v) is 3.96. The number of carbonyl (C=O) groups is 1. The van der Waals surface area contributed by atoms with E-state index >= 15 is 0 Å². The van der Waals surface area contributed by atoms with E-state index in [9.17, 15) is 14.9 Å². The van der Waals surface area contributed by atoms with Crippen molar-refractivity contribution in [3.8, 4) is 0 Å². The van der Waals surface area contributed by atoms with Crippen molar-refractivity contribution in [2.24, 2.45) is 0 Å². The van der Waals surface area contributed by atoms with Crippen LogP contribution in [0.25, 0.3) is 0 Å². The molecule has 0 aliphatic rings. The number of benzene rings is 2. The first-order chi connectivity index (χ1) is 11.4. The first-order valence-corrected chi connectivity index (χ1v) is 7.74. The third kappa shape index (κ3) is 4.78. The molecular formula is C17H18ClN3O3. The summed E-state index contributed by atoms with van der Waals surface area (Å²) in [6, 6.07) is 12.9. The molecule has 0 saturated carbocycles. The van der Waals surface area contributed by atoms with E-state index < -0.39 is 11.0 Å². The van der Waals surface area contributed by atoms with Gasteiger partial charge in [-0.15, -0.1) is 0 Å². The van der Waals surface area contributed by atoms with Crippen LogP contribution in [-0.2, 0) is 11.3 Å². The van der Waals surface area contributed by atoms with Gasteiger partial charge in [0.1, 0.15) is 0 Å². The van der Waals surface area contributed by atoms with Crippen LogP contribution in [-0.4, -0.2) is 28.8 Å². The average molecular weight is 348 g/mol. The molecule has 0 fully saturated rings. The number of amides is 1. The maximum Gasteiger partial charge on any atom is 0.271 e. The van der Waals surface area contributed by atoms with Crippen LogP contribution in [0.2, 0.25) is 5.02 Å². The zero-order valence-corrected chi connectivity index (χ0v) is 14.2. The van der Waals surface area contributed by atoms with Crippen LogP contribution in [0.3, 0.4) is 0 Å². The number of hydrogen-bond acceptors (Lipinski definition) is 4. The Kier molecular flexibility index (Phi) is 5.89. The Morgan fingerprint density at radius 1 is 1.29 bits per heavy atom. The fourth-order valence-corrected chi connectivity index (χ4v) is 2.28. The number of halogens is 1. The first kappa shape index (κ1) is 17.9. The van der Waals surface area contributed by atoms with Gasteiger partial charge in [-0.25, -0.2) is 0 Å². The van der Waals surface area contributed by atoms with E-state index in [1.807, 2.05) is 24.1 Å². The molecule has 1 amide bonds. The fraction of sp³-hybridized carbons (Fsp3) is 0.235. The molecule has 0 aliphatic carbocycles. The van der Waals surface area contributed by atoms with Crippen molar-refractivity contribution in [3.63, 3.8) is 0 Å². The van der Waals surface area contributed by atoms with Crippen LogP contribution in [0.15, 0.2) is 48.5 Å². The van der Waals surface area contributed by atoms with Crippen molar-refractivity contribution in [2.75, 3.05) is 12.4 Å². The molecule has 0 spiro atoms. The molecule has 1 unspecified atom stereocenters. The van der Waals surface area contributed by atoms with Gasteiger partial charge in [-0.2, -0.15) is 0 Å². The van der Waals surface area contributed by atoms with Crippen LogP contribution >= 0.6 is 11.6 Å². The molecule has 1 atom stereocenters. The van der Waals surface area contributed by atoms with Crippen molar-refractivity contribution >= 4 is 28.9 Å². The lowest BCUT2D eigenvalue weighted by molar-refractivity contribution is -0.384. The number of nitrogens with one attached hydrogen (secondary N) is 1. The average Bonchev–Trinajstić information content (AvgIpc) is 2.56. The maximum absolute atomic E-state index is 12.3. The summed E-state index contributed by atoms with van der Waals surface area (Å²) >= 11 is 5.86. The molecule has 1 N–H and O–H groups in total. The number of nitro groups is 1. The summed E-state index contributed by atoms with van der Waals surface area (Å²) in [4.78, 5) is 24.5. The normalized spacial score (nSPS) is 12.0. The van der Waals surface area contributed by atoms with Crippen molar-refractivity contribution in [1.29, 1.82) is 0 Å². The zero-order valence-electron chi connectivity index (χ0n) is 13.4. The van der Waals surface area contributed by atoms with Crippen LogP contribution in [0.5, 0.6) is 0 Å². The van der Waals surface area contributed by atoms with Gasteiger partial charge in [-0.05, 0) is 37.7 Å². The number of hydrogen-bond donors (Lipinski definition) is 1. The van der Waals surface area contributed by atoms with E-state index in [0.29, 0.717) is 17.3 Å². The highest BCUT2D eigenvalue weighted by Crippen LogP contribution is 2.18. The van der Waals surface area contributed by atoms with E-state index in [1.54, 1.807) is 25.1 Å². The van der Waals surface area contributed by atoms with Crippen LogP contribution < -0.4 is 5.32 Å². The Morgan fingerprint density at radius 2 is 1.96 bits per heavy atom. The summed E-state index contributed by atoms with van der Waals surface area (Å²) < 4.78 is 0. The summed E-state index contributed by atoms with van der Waals surface area (Å²) in [7, 11) is 1.84. The van der Waals surface area contributed by atoms with Gasteiger partial charge in [0.2, 0.25) is 5.91 Å². The number of rotatable bonds is 6. The lowest BCUT2D eigenvalue weighted by atomic mass is 10.2. The molecule has 0 aromatic heterocycles. The minimum absolute atomic E-state index is 0.0602. The topological polar surface area (TPSA) is 75.5 Å². The number of carbonyl (C=O) groups excluding carboxylic acids is 1. The monoisotopic (exact) mass is 347 g/mol. The smallest absolute Gasteiger partial charge is 0.271 e. The molecule has 2 aromatic carbocycles. The second kappa shape index (κ2) is 7.90. The van der Waals surface area contributed by atoms with E-state index in [-0.39, 0.29) is 11.6 Å². The highest BCUT2D eigenvalue weighted by Gasteiger charge is 2.19. The number of anilines is 1. The van der Waals surface area contributed by atoms with Gasteiger partial charge >= 0.3 is 0 Å². The summed E-state index contributed by atoms with van der Waals surface area (Å²) in [6.07, 6.45) is 0.